The Labute approximate surface area is 330 Å². The largest absolute Gasteiger partial charge is 0.481 e. The first-order chi connectivity index (χ1) is 26.6. The lowest BCUT2D eigenvalue weighted by atomic mass is 9.87. The Morgan fingerprint density at radius 2 is 1.77 bits per heavy atom. The molecule has 3 heterocycles. The average molecular weight is 892 g/mol. The van der Waals surface area contributed by atoms with Crippen LogP contribution in [0.1, 0.15) is 59.1 Å². The summed E-state index contributed by atoms with van der Waals surface area (Å²) in [5, 5.41) is 26.3. The summed E-state index contributed by atoms with van der Waals surface area (Å²) in [5.74, 6) is -1.11. The number of aromatic nitrogens is 4. The zero-order valence-electron chi connectivity index (χ0n) is 31.1. The molecule has 0 aromatic carbocycles. The van der Waals surface area contributed by atoms with E-state index in [-0.39, 0.29) is 41.6 Å². The van der Waals surface area contributed by atoms with Crippen molar-refractivity contribution < 1.29 is 80.5 Å². The lowest BCUT2D eigenvalue weighted by Gasteiger charge is -2.30. The minimum Gasteiger partial charge on any atom is -0.386 e. The maximum Gasteiger partial charge on any atom is 0.481 e. The molecule has 2 aromatic rings. The van der Waals surface area contributed by atoms with E-state index in [1.807, 2.05) is 6.08 Å². The molecule has 0 radical (unpaired) electrons. The molecular weight excluding hydrogens is 843 g/mol. The van der Waals surface area contributed by atoms with E-state index in [2.05, 4.69) is 41.3 Å². The van der Waals surface area contributed by atoms with E-state index in [1.165, 1.54) is 19.9 Å². The molecule has 28 heteroatoms. The Hall–Kier alpha value is -2.70. The van der Waals surface area contributed by atoms with Crippen molar-refractivity contribution >= 4 is 69.1 Å². The van der Waals surface area contributed by atoms with E-state index < -0.39 is 84.6 Å². The number of carbonyl (C=O) groups excluding carboxylic acids is 3. The van der Waals surface area contributed by atoms with Crippen molar-refractivity contribution in [1.82, 2.24) is 30.2 Å². The summed E-state index contributed by atoms with van der Waals surface area (Å²) in [5.41, 5.74) is 4.26. The Balaban J connectivity index is 1.46. The number of nitrogen functional groups attached to an aromatic ring is 1. The number of anilines is 1. The number of fused-ring (bicyclic) bond motifs is 1. The molecule has 0 bridgehead atoms. The van der Waals surface area contributed by atoms with Gasteiger partial charge in [0.25, 0.3) is 0 Å². The third-order valence-corrected chi connectivity index (χ3v) is 11.9. The van der Waals surface area contributed by atoms with Gasteiger partial charge < -0.3 is 50.9 Å². The van der Waals surface area contributed by atoms with Crippen LogP contribution in [0.3, 0.4) is 0 Å². The predicted molar refractivity (Wildman–Crippen MR) is 200 cm³/mol. The van der Waals surface area contributed by atoms with Crippen LogP contribution in [0.15, 0.2) is 24.8 Å². The molecule has 10 N–H and O–H groups in total. The Morgan fingerprint density at radius 3 is 2.46 bits per heavy atom. The fourth-order valence-electron chi connectivity index (χ4n) is 5.02. The van der Waals surface area contributed by atoms with Gasteiger partial charge in [-0.2, -0.15) is 4.31 Å². The Bertz CT molecular complexity index is 1860. The van der Waals surface area contributed by atoms with Gasteiger partial charge in [-0.05, 0) is 18.9 Å². The second-order valence-corrected chi connectivity index (χ2v) is 18.5. The number of carbonyl (C=O) groups is 3. The first-order valence-electron chi connectivity index (χ1n) is 17.3. The summed E-state index contributed by atoms with van der Waals surface area (Å²) in [7, 11) is -16.4. The number of hydrogen-bond donors (Lipinski definition) is 9. The SMILES string of the molecule is CCCCCC=CC(=O)SCCNC(=O)CCNC(=O)C(O)C(C)(C)COP(=O)(O)OP(=O)(O)OCC1OC(n2cnc3c(N)ncnc32)C(O)C1OP(=O)(O)O. The number of nitrogens with two attached hydrogens (primary N) is 1. The number of allylic oxidation sites excluding steroid dienone is 1. The third-order valence-electron chi connectivity index (χ3n) is 7.97. The van der Waals surface area contributed by atoms with Crippen molar-refractivity contribution in [1.29, 1.82) is 0 Å². The van der Waals surface area contributed by atoms with E-state index in [0.29, 0.717) is 5.75 Å². The van der Waals surface area contributed by atoms with Crippen molar-refractivity contribution in [2.75, 3.05) is 37.8 Å². The monoisotopic (exact) mass is 891 g/mol. The maximum absolute atomic E-state index is 12.7. The van der Waals surface area contributed by atoms with E-state index in [9.17, 15) is 57.9 Å². The molecule has 3 rings (SSSR count). The topological polar surface area (TPSA) is 364 Å². The molecule has 2 aromatic heterocycles. The Kier molecular flexibility index (Phi) is 18.4. The van der Waals surface area contributed by atoms with Crippen LogP contribution in [0.5, 0.6) is 0 Å². The van der Waals surface area contributed by atoms with Gasteiger partial charge in [-0.15, -0.1) is 0 Å². The number of thioether (sulfide) groups is 1. The van der Waals surface area contributed by atoms with Crippen molar-refractivity contribution in [3.8, 4) is 0 Å². The summed E-state index contributed by atoms with van der Waals surface area (Å²) in [4.78, 5) is 87.5. The highest BCUT2D eigenvalue weighted by Crippen LogP contribution is 2.61. The Morgan fingerprint density at radius 1 is 1.07 bits per heavy atom. The van der Waals surface area contributed by atoms with Crippen molar-refractivity contribution in [2.45, 2.75) is 83.5 Å². The number of aliphatic hydroxyl groups is 2. The third kappa shape index (κ3) is 15.8. The van der Waals surface area contributed by atoms with Gasteiger partial charge in [0.05, 0.1) is 19.5 Å². The maximum atomic E-state index is 12.7. The molecule has 2 amide bonds. The number of imidazole rings is 1. The summed E-state index contributed by atoms with van der Waals surface area (Å²) in [6.45, 7) is 2.59. The first kappa shape index (κ1) is 48.7. The molecule has 1 aliphatic rings. The summed E-state index contributed by atoms with van der Waals surface area (Å²) in [6, 6.07) is 0. The zero-order chi connectivity index (χ0) is 42.6. The molecular formula is C29H48N7O17P3S. The molecule has 0 saturated carbocycles. The molecule has 7 unspecified atom stereocenters. The molecule has 1 fully saturated rings. The average Bonchev–Trinajstić information content (AvgIpc) is 3.68. The van der Waals surface area contributed by atoms with Crippen molar-refractivity contribution in [2.24, 2.45) is 5.41 Å². The van der Waals surface area contributed by atoms with Crippen LogP contribution in [0.4, 0.5) is 5.82 Å². The number of unbranched alkanes of at least 4 members (excludes halogenated alkanes) is 3. The van der Waals surface area contributed by atoms with Gasteiger partial charge >= 0.3 is 23.5 Å². The van der Waals surface area contributed by atoms with Gasteiger partial charge in [0.2, 0.25) is 16.9 Å². The number of phosphoric acid groups is 3. The summed E-state index contributed by atoms with van der Waals surface area (Å²) < 4.78 is 62.1. The first-order valence-corrected chi connectivity index (χ1v) is 22.8. The molecule has 0 aliphatic carbocycles. The molecule has 57 heavy (non-hydrogen) atoms. The summed E-state index contributed by atoms with van der Waals surface area (Å²) in [6.07, 6.45) is 0.413. The lowest BCUT2D eigenvalue weighted by molar-refractivity contribution is -0.137. The van der Waals surface area contributed by atoms with Gasteiger partial charge in [0.15, 0.2) is 17.7 Å². The highest BCUT2D eigenvalue weighted by atomic mass is 32.2. The molecule has 24 nitrogen and oxygen atoms in total. The predicted octanol–water partition coefficient (Wildman–Crippen LogP) is 0.801. The molecule has 1 saturated heterocycles. The second-order valence-electron chi connectivity index (χ2n) is 13.1. The zero-order valence-corrected chi connectivity index (χ0v) is 34.6. The smallest absolute Gasteiger partial charge is 0.386 e. The number of nitrogens with one attached hydrogen (secondary N) is 2. The minimum atomic E-state index is -5.57. The molecule has 7 atom stereocenters. The molecule has 322 valence electrons. The normalized spacial score (nSPS) is 21.6. The fraction of sp³-hybridized carbons (Fsp3) is 0.655. The fourth-order valence-corrected chi connectivity index (χ4v) is 8.45. The summed E-state index contributed by atoms with van der Waals surface area (Å²) >= 11 is 1.05. The van der Waals surface area contributed by atoms with Gasteiger partial charge in [-0.1, -0.05) is 51.5 Å². The minimum absolute atomic E-state index is 0.0310. The number of phosphoric ester groups is 3. The van der Waals surface area contributed by atoms with Crippen LogP contribution < -0.4 is 16.4 Å². The highest BCUT2D eigenvalue weighted by molar-refractivity contribution is 8.14. The van der Waals surface area contributed by atoms with Crippen molar-refractivity contribution in [3.05, 3.63) is 24.8 Å². The van der Waals surface area contributed by atoms with E-state index >= 15 is 0 Å². The standard InChI is InChI=1S/C29H48N7O17P3S/c1-4-5-6-7-8-9-20(38)57-13-12-31-19(37)10-11-32-27(41)24(40)29(2,3)15-50-56(47,48)53-55(45,46)49-14-18-23(52-54(42,43)44)22(39)28(51-18)36-17-35-21-25(30)33-16-34-26(21)36/h8-9,16-18,22-24,28,39-40H,4-7,10-15H2,1-3H3,(H,31,37)(H,32,41)(H,45,46)(H,47,48)(H2,30,33,34)(H2,42,43,44). The quantitative estimate of drug-likeness (QED) is 0.0400. The number of ether oxygens (including phenoxy) is 1. The number of nitrogens with zero attached hydrogens (tertiary/aromatic N) is 4. The molecule has 0 spiro atoms. The lowest BCUT2D eigenvalue weighted by Crippen LogP contribution is -2.46. The van der Waals surface area contributed by atoms with E-state index in [0.717, 1.165) is 54.7 Å². The second kappa shape index (κ2) is 21.5. The van der Waals surface area contributed by atoms with Crippen molar-refractivity contribution in [3.63, 3.8) is 0 Å². The van der Waals surface area contributed by atoms with Crippen LogP contribution in [-0.4, -0.2) is 123 Å². The van der Waals surface area contributed by atoms with E-state index in [4.69, 9.17) is 19.5 Å². The molecule has 1 aliphatic heterocycles. The number of aliphatic hydroxyl groups excluding tert-OH is 2. The van der Waals surface area contributed by atoms with Crippen LogP contribution in [0.25, 0.3) is 11.2 Å². The van der Waals surface area contributed by atoms with Crippen LogP contribution in [0.2, 0.25) is 0 Å². The van der Waals surface area contributed by atoms with Crippen LogP contribution in [0, 0.1) is 5.41 Å². The van der Waals surface area contributed by atoms with E-state index in [1.54, 1.807) is 0 Å². The number of rotatable bonds is 24. The van der Waals surface area contributed by atoms with Crippen LogP contribution >= 0.6 is 35.2 Å². The number of hydrogen-bond acceptors (Lipinski definition) is 18. The van der Waals surface area contributed by atoms with Crippen LogP contribution in [-0.2, 0) is 50.7 Å². The van der Waals surface area contributed by atoms with Gasteiger partial charge in [-0.25, -0.2) is 28.6 Å². The highest BCUT2D eigenvalue weighted by Gasteiger charge is 2.50. The van der Waals surface area contributed by atoms with Gasteiger partial charge in [0.1, 0.15) is 36.3 Å². The van der Waals surface area contributed by atoms with Gasteiger partial charge in [0, 0.05) is 30.7 Å². The number of amides is 2. The van der Waals surface area contributed by atoms with Gasteiger partial charge in [-0.3, -0.25) is 32.5 Å².